The molecule has 1 aromatic heterocycles. The van der Waals surface area contributed by atoms with E-state index in [0.717, 1.165) is 41.2 Å². The molecule has 196 valence electrons. The van der Waals surface area contributed by atoms with E-state index in [2.05, 4.69) is 39.5 Å². The summed E-state index contributed by atoms with van der Waals surface area (Å²) in [5.74, 6) is 0.623. The summed E-state index contributed by atoms with van der Waals surface area (Å²) in [4.78, 5) is 14.7. The zero-order chi connectivity index (χ0) is 27.1. The second-order valence-electron chi connectivity index (χ2n) is 8.84. The van der Waals surface area contributed by atoms with Gasteiger partial charge in [-0.1, -0.05) is 59.3 Å². The highest BCUT2D eigenvalue weighted by Crippen LogP contribution is 2.28. The van der Waals surface area contributed by atoms with Crippen molar-refractivity contribution in [2.75, 3.05) is 23.7 Å². The Labute approximate surface area is 227 Å². The average Bonchev–Trinajstić information content (AvgIpc) is 3.34. The number of aromatic nitrogens is 3. The molecule has 0 saturated carbocycles. The van der Waals surface area contributed by atoms with Crippen LogP contribution in [0.3, 0.4) is 0 Å². The molecule has 4 aromatic rings. The summed E-state index contributed by atoms with van der Waals surface area (Å²) < 4.78 is 1.96. The lowest BCUT2D eigenvalue weighted by molar-refractivity contribution is -0.118. The van der Waals surface area contributed by atoms with Crippen LogP contribution in [0.25, 0.3) is 17.1 Å². The molecule has 0 fully saturated rings. The fourth-order valence-corrected chi connectivity index (χ4v) is 4.69. The normalized spacial score (nSPS) is 11.2. The minimum absolute atomic E-state index is 0.0993. The number of phenolic OH excluding ortho intramolecular Hbond substituents is 1. The molecule has 1 amide bonds. The van der Waals surface area contributed by atoms with Gasteiger partial charge in [0.05, 0.1) is 12.0 Å². The first-order valence-corrected chi connectivity index (χ1v) is 13.5. The lowest BCUT2D eigenvalue weighted by Gasteiger charge is -2.21. The molecule has 0 unspecified atom stereocenters. The number of aryl methyl sites for hydroxylation is 2. The van der Waals surface area contributed by atoms with Gasteiger partial charge in [0.15, 0.2) is 11.0 Å². The van der Waals surface area contributed by atoms with Crippen molar-refractivity contribution in [3.8, 4) is 22.8 Å². The molecular weight excluding hydrogens is 496 g/mol. The van der Waals surface area contributed by atoms with Gasteiger partial charge in [-0.05, 0) is 52.0 Å². The molecule has 4 rings (SSSR count). The van der Waals surface area contributed by atoms with Gasteiger partial charge in [0, 0.05) is 41.7 Å². The Morgan fingerprint density at radius 2 is 1.66 bits per heavy atom. The highest BCUT2D eigenvalue weighted by Gasteiger charge is 2.17. The zero-order valence-corrected chi connectivity index (χ0v) is 22.9. The largest absolute Gasteiger partial charge is 0.507 e. The SMILES string of the molecule is CCN(CC)c1ccc(/C=N\NC(=O)CSc2nnc(-c3ccc(C)cc3)n2-c2ccc(C)cc2)c(O)c1. The number of carbonyl (C=O) groups is 1. The Bertz CT molecular complexity index is 1410. The molecule has 0 saturated heterocycles. The molecule has 9 heteroatoms. The number of nitrogens with one attached hydrogen (secondary N) is 1. The van der Waals surface area contributed by atoms with E-state index in [1.165, 1.54) is 18.0 Å². The number of rotatable bonds is 10. The molecule has 0 atom stereocenters. The predicted molar refractivity (Wildman–Crippen MR) is 154 cm³/mol. The van der Waals surface area contributed by atoms with Crippen LogP contribution in [0.15, 0.2) is 77.0 Å². The Morgan fingerprint density at radius 1 is 1.00 bits per heavy atom. The molecule has 0 radical (unpaired) electrons. The van der Waals surface area contributed by atoms with Crippen molar-refractivity contribution in [1.82, 2.24) is 20.2 Å². The standard InChI is InChI=1S/C29H32N6O2S/c1-5-34(6-2)25-16-13-23(26(36)17-25)18-30-31-27(37)19-38-29-33-32-28(22-11-7-20(3)8-12-22)35(29)24-14-9-21(4)10-15-24/h7-18,36H,5-6,19H2,1-4H3,(H,31,37)/b30-18-. The maximum absolute atomic E-state index is 12.5. The number of carbonyl (C=O) groups excluding carboxylic acids is 1. The topological polar surface area (TPSA) is 95.6 Å². The summed E-state index contributed by atoms with van der Waals surface area (Å²) in [6, 6.07) is 21.6. The highest BCUT2D eigenvalue weighted by atomic mass is 32.2. The summed E-state index contributed by atoms with van der Waals surface area (Å²) in [5.41, 5.74) is 8.16. The lowest BCUT2D eigenvalue weighted by Crippen LogP contribution is -2.21. The smallest absolute Gasteiger partial charge is 0.250 e. The quantitative estimate of drug-likeness (QED) is 0.164. The van der Waals surface area contributed by atoms with E-state index in [9.17, 15) is 9.90 Å². The van der Waals surface area contributed by atoms with Gasteiger partial charge >= 0.3 is 0 Å². The maximum atomic E-state index is 12.5. The molecule has 8 nitrogen and oxygen atoms in total. The van der Waals surface area contributed by atoms with Crippen LogP contribution < -0.4 is 10.3 Å². The summed E-state index contributed by atoms with van der Waals surface area (Å²) in [6.45, 7) is 9.91. The Balaban J connectivity index is 1.46. The summed E-state index contributed by atoms with van der Waals surface area (Å²) >= 11 is 1.28. The number of nitrogens with zero attached hydrogens (tertiary/aromatic N) is 5. The molecule has 0 aliphatic rings. The van der Waals surface area contributed by atoms with Crippen LogP contribution in [-0.4, -0.2) is 50.8 Å². The van der Waals surface area contributed by atoms with Gasteiger partial charge in [-0.2, -0.15) is 5.10 Å². The van der Waals surface area contributed by atoms with Crippen LogP contribution in [0.1, 0.15) is 30.5 Å². The zero-order valence-electron chi connectivity index (χ0n) is 22.0. The number of anilines is 1. The number of hydrogen-bond acceptors (Lipinski definition) is 7. The Hall–Kier alpha value is -4.11. The summed E-state index contributed by atoms with van der Waals surface area (Å²) in [7, 11) is 0. The van der Waals surface area contributed by atoms with Crippen molar-refractivity contribution >= 4 is 29.6 Å². The second-order valence-corrected chi connectivity index (χ2v) is 9.78. The average molecular weight is 529 g/mol. The summed E-state index contributed by atoms with van der Waals surface area (Å²) in [5, 5.41) is 23.8. The van der Waals surface area contributed by atoms with Crippen molar-refractivity contribution in [2.24, 2.45) is 5.10 Å². The number of aromatic hydroxyl groups is 1. The van der Waals surface area contributed by atoms with Crippen molar-refractivity contribution in [1.29, 1.82) is 0 Å². The van der Waals surface area contributed by atoms with Crippen LogP contribution in [0.5, 0.6) is 5.75 Å². The molecule has 38 heavy (non-hydrogen) atoms. The molecule has 0 aliphatic heterocycles. The molecule has 2 N–H and O–H groups in total. The van der Waals surface area contributed by atoms with Gasteiger partial charge in [-0.15, -0.1) is 10.2 Å². The molecular formula is C29H32N6O2S. The Kier molecular flexibility index (Phi) is 8.81. The van der Waals surface area contributed by atoms with E-state index >= 15 is 0 Å². The Morgan fingerprint density at radius 3 is 2.29 bits per heavy atom. The number of thioether (sulfide) groups is 1. The van der Waals surface area contributed by atoms with Crippen molar-refractivity contribution in [3.05, 3.63) is 83.4 Å². The van der Waals surface area contributed by atoms with Gasteiger partial charge in [0.2, 0.25) is 0 Å². The first-order valence-electron chi connectivity index (χ1n) is 12.5. The van der Waals surface area contributed by atoms with E-state index in [1.807, 2.05) is 73.0 Å². The fraction of sp³-hybridized carbons (Fsp3) is 0.241. The van der Waals surface area contributed by atoms with Crippen LogP contribution in [-0.2, 0) is 4.79 Å². The molecule has 0 bridgehead atoms. The van der Waals surface area contributed by atoms with E-state index in [4.69, 9.17) is 0 Å². The molecule has 0 spiro atoms. The summed E-state index contributed by atoms with van der Waals surface area (Å²) in [6.07, 6.45) is 1.44. The van der Waals surface area contributed by atoms with Crippen molar-refractivity contribution in [3.63, 3.8) is 0 Å². The van der Waals surface area contributed by atoms with Crippen LogP contribution >= 0.6 is 11.8 Å². The number of benzene rings is 3. The number of hydrazone groups is 1. The van der Waals surface area contributed by atoms with Crippen LogP contribution in [0.4, 0.5) is 5.69 Å². The van der Waals surface area contributed by atoms with Gasteiger partial charge < -0.3 is 10.0 Å². The first kappa shape index (κ1) is 26.9. The van der Waals surface area contributed by atoms with E-state index in [1.54, 1.807) is 12.1 Å². The maximum Gasteiger partial charge on any atom is 0.250 e. The third-order valence-electron chi connectivity index (χ3n) is 6.10. The monoisotopic (exact) mass is 528 g/mol. The first-order chi connectivity index (χ1) is 18.4. The number of hydrogen-bond donors (Lipinski definition) is 2. The number of amides is 1. The number of phenols is 1. The van der Waals surface area contributed by atoms with Gasteiger partial charge in [-0.3, -0.25) is 9.36 Å². The van der Waals surface area contributed by atoms with Crippen LogP contribution in [0, 0.1) is 13.8 Å². The minimum Gasteiger partial charge on any atom is -0.507 e. The van der Waals surface area contributed by atoms with Gasteiger partial charge in [0.25, 0.3) is 5.91 Å². The molecule has 0 aliphatic carbocycles. The van der Waals surface area contributed by atoms with Crippen molar-refractivity contribution < 1.29 is 9.90 Å². The van der Waals surface area contributed by atoms with E-state index in [-0.39, 0.29) is 17.4 Å². The van der Waals surface area contributed by atoms with Crippen LogP contribution in [0.2, 0.25) is 0 Å². The minimum atomic E-state index is -0.291. The fourth-order valence-electron chi connectivity index (χ4n) is 3.94. The van der Waals surface area contributed by atoms with Gasteiger partial charge in [-0.25, -0.2) is 5.43 Å². The van der Waals surface area contributed by atoms with E-state index < -0.39 is 0 Å². The lowest BCUT2D eigenvalue weighted by atomic mass is 10.1. The van der Waals surface area contributed by atoms with Crippen molar-refractivity contribution in [2.45, 2.75) is 32.9 Å². The van der Waals surface area contributed by atoms with Gasteiger partial charge in [0.1, 0.15) is 5.75 Å². The molecule has 3 aromatic carbocycles. The second kappa shape index (κ2) is 12.4. The molecule has 1 heterocycles. The predicted octanol–water partition coefficient (Wildman–Crippen LogP) is 5.35. The third-order valence-corrected chi connectivity index (χ3v) is 7.03. The van der Waals surface area contributed by atoms with E-state index in [0.29, 0.717) is 16.5 Å². The third kappa shape index (κ3) is 6.41. The highest BCUT2D eigenvalue weighted by molar-refractivity contribution is 7.99.